The van der Waals surface area contributed by atoms with Gasteiger partial charge < -0.3 is 14.0 Å². The van der Waals surface area contributed by atoms with Crippen LogP contribution in [0, 0.1) is 0 Å². The van der Waals surface area contributed by atoms with E-state index in [-0.39, 0.29) is 6.54 Å². The van der Waals surface area contributed by atoms with E-state index in [1.165, 1.54) is 0 Å². The van der Waals surface area contributed by atoms with Crippen molar-refractivity contribution in [2.24, 2.45) is 0 Å². The SMILES string of the molecule is C[N+]1(CCOCC(F)(F)C(F)(F)C(F)(F)C(F)F)CCOCC1. The molecule has 0 unspecified atom stereocenters. The standard InChI is InChI=1S/C12H18F8NO2/c1-21(2-5-22-6-3-21)4-7-23-8-10(15,16)12(19,20)11(17,18)9(13)14/h9H,2-8H2,1H3/q+1. The van der Waals surface area contributed by atoms with Crippen LogP contribution < -0.4 is 0 Å². The molecule has 11 heteroatoms. The molecular weight excluding hydrogens is 342 g/mol. The lowest BCUT2D eigenvalue weighted by Crippen LogP contribution is -2.59. The Morgan fingerprint density at radius 2 is 1.57 bits per heavy atom. The van der Waals surface area contributed by atoms with Crippen molar-refractivity contribution in [1.29, 1.82) is 0 Å². The second-order valence-corrected chi connectivity index (χ2v) is 5.66. The summed E-state index contributed by atoms with van der Waals surface area (Å²) in [5, 5.41) is 0. The molecule has 0 N–H and O–H groups in total. The van der Waals surface area contributed by atoms with Crippen molar-refractivity contribution in [3.05, 3.63) is 0 Å². The molecule has 138 valence electrons. The van der Waals surface area contributed by atoms with Crippen LogP contribution in [-0.2, 0) is 9.47 Å². The zero-order valence-corrected chi connectivity index (χ0v) is 12.3. The highest BCUT2D eigenvalue weighted by Crippen LogP contribution is 2.48. The van der Waals surface area contributed by atoms with E-state index in [1.807, 2.05) is 0 Å². The largest absolute Gasteiger partial charge is 0.380 e. The summed E-state index contributed by atoms with van der Waals surface area (Å²) >= 11 is 0. The summed E-state index contributed by atoms with van der Waals surface area (Å²) in [6.45, 7) is -0.313. The van der Waals surface area contributed by atoms with Gasteiger partial charge in [0.2, 0.25) is 0 Å². The quantitative estimate of drug-likeness (QED) is 0.376. The highest BCUT2D eigenvalue weighted by molar-refractivity contribution is 4.97. The number of hydrogen-bond acceptors (Lipinski definition) is 2. The molecule has 1 rings (SSSR count). The normalized spacial score (nSPS) is 20.1. The van der Waals surface area contributed by atoms with Gasteiger partial charge in [-0.05, 0) is 0 Å². The fraction of sp³-hybridized carbons (Fsp3) is 1.00. The molecule has 1 fully saturated rings. The molecule has 0 bridgehead atoms. The van der Waals surface area contributed by atoms with Crippen LogP contribution in [0.4, 0.5) is 35.1 Å². The van der Waals surface area contributed by atoms with E-state index in [2.05, 4.69) is 4.74 Å². The minimum atomic E-state index is -6.22. The van der Waals surface area contributed by atoms with Gasteiger partial charge in [-0.15, -0.1) is 0 Å². The van der Waals surface area contributed by atoms with Crippen molar-refractivity contribution in [1.82, 2.24) is 0 Å². The fourth-order valence-corrected chi connectivity index (χ4v) is 1.96. The number of rotatable bonds is 8. The molecule has 1 aliphatic rings. The number of nitrogens with zero attached hydrogens (tertiary/aromatic N) is 1. The molecule has 1 saturated heterocycles. The van der Waals surface area contributed by atoms with Crippen LogP contribution in [0.15, 0.2) is 0 Å². The highest BCUT2D eigenvalue weighted by atomic mass is 19.4. The first-order valence-corrected chi connectivity index (χ1v) is 6.76. The number of halogens is 8. The summed E-state index contributed by atoms with van der Waals surface area (Å²) in [5.74, 6) is -17.8. The van der Waals surface area contributed by atoms with Gasteiger partial charge in [0.05, 0.1) is 26.9 Å². The Hall–Kier alpha value is -0.680. The Balaban J connectivity index is 2.54. The maximum absolute atomic E-state index is 13.2. The van der Waals surface area contributed by atoms with E-state index in [0.717, 1.165) is 0 Å². The van der Waals surface area contributed by atoms with Gasteiger partial charge in [-0.1, -0.05) is 0 Å². The van der Waals surface area contributed by atoms with Crippen LogP contribution in [0.25, 0.3) is 0 Å². The third kappa shape index (κ3) is 4.44. The Morgan fingerprint density at radius 1 is 1.04 bits per heavy atom. The van der Waals surface area contributed by atoms with Gasteiger partial charge in [-0.3, -0.25) is 0 Å². The molecule has 3 nitrogen and oxygen atoms in total. The average Bonchev–Trinajstić information content (AvgIpc) is 2.44. The molecule has 0 aromatic carbocycles. The molecule has 0 radical (unpaired) electrons. The molecule has 0 saturated carbocycles. The van der Waals surface area contributed by atoms with Crippen LogP contribution in [0.1, 0.15) is 0 Å². The Morgan fingerprint density at radius 3 is 2.04 bits per heavy atom. The van der Waals surface area contributed by atoms with Crippen LogP contribution in [0.2, 0.25) is 0 Å². The molecule has 0 atom stereocenters. The summed E-state index contributed by atoms with van der Waals surface area (Å²) in [6, 6.07) is 0. The van der Waals surface area contributed by atoms with Gasteiger partial charge in [-0.25, -0.2) is 8.78 Å². The molecule has 0 aliphatic carbocycles. The molecular formula is C12H18F8NO2+. The van der Waals surface area contributed by atoms with E-state index in [9.17, 15) is 35.1 Å². The van der Waals surface area contributed by atoms with Crippen molar-refractivity contribution in [3.8, 4) is 0 Å². The van der Waals surface area contributed by atoms with E-state index in [1.54, 1.807) is 7.05 Å². The second-order valence-electron chi connectivity index (χ2n) is 5.66. The second kappa shape index (κ2) is 7.06. The van der Waals surface area contributed by atoms with Gasteiger partial charge in [-0.2, -0.15) is 26.3 Å². The number of quaternary nitrogens is 1. The lowest BCUT2D eigenvalue weighted by atomic mass is 10.1. The smallest absolute Gasteiger partial charge is 0.370 e. The number of alkyl halides is 8. The topological polar surface area (TPSA) is 18.5 Å². The molecule has 0 amide bonds. The van der Waals surface area contributed by atoms with Crippen LogP contribution in [-0.4, -0.2) is 81.8 Å². The first kappa shape index (κ1) is 20.4. The minimum absolute atomic E-state index is 0.177. The summed E-state index contributed by atoms with van der Waals surface area (Å²) < 4.78 is 111. The predicted molar refractivity (Wildman–Crippen MR) is 63.3 cm³/mol. The Labute approximate surface area is 127 Å². The van der Waals surface area contributed by atoms with Gasteiger partial charge in [0.1, 0.15) is 26.2 Å². The number of likely N-dealkylation sites (N-methyl/N-ethyl adjacent to an activating group) is 1. The van der Waals surface area contributed by atoms with E-state index < -0.39 is 37.4 Å². The summed E-state index contributed by atoms with van der Waals surface area (Å²) in [6.07, 6.45) is -4.92. The molecule has 0 aromatic heterocycles. The summed E-state index contributed by atoms with van der Waals surface area (Å²) in [7, 11) is 1.77. The summed E-state index contributed by atoms with van der Waals surface area (Å²) in [4.78, 5) is 0. The van der Waals surface area contributed by atoms with Gasteiger partial charge >= 0.3 is 24.2 Å². The van der Waals surface area contributed by atoms with E-state index >= 15 is 0 Å². The molecule has 0 spiro atoms. The zero-order valence-electron chi connectivity index (χ0n) is 12.3. The van der Waals surface area contributed by atoms with Crippen molar-refractivity contribution in [3.63, 3.8) is 0 Å². The van der Waals surface area contributed by atoms with Crippen LogP contribution in [0.3, 0.4) is 0 Å². The van der Waals surface area contributed by atoms with Crippen LogP contribution >= 0.6 is 0 Å². The van der Waals surface area contributed by atoms with Gasteiger partial charge in [0.25, 0.3) is 0 Å². The van der Waals surface area contributed by atoms with Crippen molar-refractivity contribution < 1.29 is 49.1 Å². The highest BCUT2D eigenvalue weighted by Gasteiger charge is 2.75. The lowest BCUT2D eigenvalue weighted by Gasteiger charge is -2.37. The molecule has 23 heavy (non-hydrogen) atoms. The third-order valence-electron chi connectivity index (χ3n) is 3.76. The number of morpholine rings is 1. The number of hydrogen-bond donors (Lipinski definition) is 0. The maximum Gasteiger partial charge on any atom is 0.380 e. The monoisotopic (exact) mass is 360 g/mol. The molecule has 0 aromatic rings. The fourth-order valence-electron chi connectivity index (χ4n) is 1.96. The Bertz CT molecular complexity index is 385. The van der Waals surface area contributed by atoms with E-state index in [0.29, 0.717) is 30.8 Å². The van der Waals surface area contributed by atoms with Crippen LogP contribution in [0.5, 0.6) is 0 Å². The molecule has 1 aliphatic heterocycles. The zero-order chi connectivity index (χ0) is 17.9. The average molecular weight is 360 g/mol. The van der Waals surface area contributed by atoms with E-state index in [4.69, 9.17) is 4.74 Å². The third-order valence-corrected chi connectivity index (χ3v) is 3.76. The molecule has 1 heterocycles. The van der Waals surface area contributed by atoms with Gasteiger partial charge in [0, 0.05) is 0 Å². The summed E-state index contributed by atoms with van der Waals surface area (Å²) in [5.41, 5.74) is 0. The van der Waals surface area contributed by atoms with Crippen molar-refractivity contribution in [2.45, 2.75) is 24.2 Å². The van der Waals surface area contributed by atoms with Crippen molar-refractivity contribution >= 4 is 0 Å². The lowest BCUT2D eigenvalue weighted by molar-refractivity contribution is -0.917. The minimum Gasteiger partial charge on any atom is -0.370 e. The maximum atomic E-state index is 13.2. The number of ether oxygens (including phenoxy) is 2. The first-order valence-electron chi connectivity index (χ1n) is 6.76. The first-order chi connectivity index (χ1) is 10.4. The van der Waals surface area contributed by atoms with Crippen molar-refractivity contribution in [2.75, 3.05) is 53.1 Å². The Kier molecular flexibility index (Phi) is 6.25. The van der Waals surface area contributed by atoms with Gasteiger partial charge in [0.15, 0.2) is 0 Å². The predicted octanol–water partition coefficient (Wildman–Crippen LogP) is 2.65.